The molecule has 0 bridgehead atoms. The molecule has 0 spiro atoms. The highest BCUT2D eigenvalue weighted by Gasteiger charge is 2.47. The van der Waals surface area contributed by atoms with E-state index in [1.165, 1.54) is 121 Å². The lowest BCUT2D eigenvalue weighted by Gasteiger charge is -2.34. The van der Waals surface area contributed by atoms with Crippen LogP contribution in [0.25, 0.3) is 228 Å². The Labute approximate surface area is 844 Å². The minimum Gasteiger partial charge on any atom is -0.309 e. The predicted octanol–water partition coefficient (Wildman–Crippen LogP) is 34.0. The van der Waals surface area contributed by atoms with Gasteiger partial charge in [-0.15, -0.1) is 0 Å². The molecule has 27 aromatic rings. The lowest BCUT2D eigenvalue weighted by molar-refractivity contribution is 0.775. The number of nitrogens with zero attached hydrogens (tertiary/aromatic N) is 10. The Balaban J connectivity index is 0.000000112. The van der Waals surface area contributed by atoms with Crippen molar-refractivity contribution in [3.8, 4) is 152 Å². The normalized spacial score (nSPS) is 11.9. The number of rotatable bonds is 16. The zero-order valence-corrected chi connectivity index (χ0v) is 79.4. The fourth-order valence-electron chi connectivity index (χ4n) is 21.6. The topological polar surface area (TPSA) is 105 Å². The first kappa shape index (κ1) is 86.8. The van der Waals surface area contributed by atoms with Crippen LogP contribution in [0, 0.1) is 0 Å². The lowest BCUT2D eigenvalue weighted by Crippen LogP contribution is -2.28. The zero-order valence-electron chi connectivity index (χ0n) is 79.4. The molecule has 10 heteroatoms. The van der Waals surface area contributed by atoms with E-state index >= 15 is 0 Å². The summed E-state index contributed by atoms with van der Waals surface area (Å²) >= 11 is 0. The summed E-state index contributed by atoms with van der Waals surface area (Å²) in [6.07, 6.45) is 2.17. The summed E-state index contributed by atoms with van der Waals surface area (Å²) < 4.78 is 7.05. The molecule has 0 amide bonds. The number of pyridine rings is 2. The third kappa shape index (κ3) is 15.9. The van der Waals surface area contributed by atoms with E-state index in [0.29, 0.717) is 23.3 Å². The van der Waals surface area contributed by atoms with Crippen molar-refractivity contribution in [1.82, 2.24) is 48.6 Å². The highest BCUT2D eigenvalue weighted by Crippen LogP contribution is 2.59. The summed E-state index contributed by atoms with van der Waals surface area (Å²) in [6, 6.07) is 191. The molecular weight excluding hydrogens is 1770 g/mol. The van der Waals surface area contributed by atoms with Gasteiger partial charge in [0.15, 0.2) is 23.3 Å². The van der Waals surface area contributed by atoms with Crippen molar-refractivity contribution in [2.45, 2.75) is 5.41 Å². The Morgan fingerprint density at radius 1 is 0.178 bits per heavy atom. The van der Waals surface area contributed by atoms with Crippen molar-refractivity contribution in [3.05, 3.63) is 568 Å². The summed E-state index contributed by atoms with van der Waals surface area (Å²) in [7, 11) is 0. The Morgan fingerprint density at radius 3 is 1.14 bits per heavy atom. The van der Waals surface area contributed by atoms with Crippen LogP contribution in [0.1, 0.15) is 22.3 Å². The molecular formula is C136H90N10. The highest BCUT2D eigenvalue weighted by molar-refractivity contribution is 6.21. The monoisotopic (exact) mass is 1860 g/mol. The molecule has 1 aliphatic rings. The van der Waals surface area contributed by atoms with Gasteiger partial charge in [0.1, 0.15) is 5.82 Å². The van der Waals surface area contributed by atoms with Gasteiger partial charge in [0.25, 0.3) is 0 Å². The first-order valence-corrected chi connectivity index (χ1v) is 49.5. The van der Waals surface area contributed by atoms with E-state index in [0.717, 1.165) is 107 Å². The smallest absolute Gasteiger partial charge is 0.164 e. The molecule has 20 aromatic carbocycles. The van der Waals surface area contributed by atoms with Gasteiger partial charge in [-0.2, -0.15) is 0 Å². The minimum atomic E-state index is -0.481. The molecule has 7 heterocycles. The molecule has 7 aromatic heterocycles. The van der Waals surface area contributed by atoms with E-state index in [1.54, 1.807) is 0 Å². The van der Waals surface area contributed by atoms with Crippen LogP contribution in [0.2, 0.25) is 0 Å². The molecule has 684 valence electrons. The van der Waals surface area contributed by atoms with Gasteiger partial charge in [-0.3, -0.25) is 0 Å². The van der Waals surface area contributed by atoms with E-state index in [2.05, 4.69) is 463 Å². The zero-order chi connectivity index (χ0) is 96.8. The molecule has 0 saturated carbocycles. The van der Waals surface area contributed by atoms with Crippen LogP contribution in [-0.4, -0.2) is 48.6 Å². The highest BCUT2D eigenvalue weighted by atomic mass is 15.1. The molecule has 146 heavy (non-hydrogen) atoms. The van der Waals surface area contributed by atoms with Crippen LogP contribution in [-0.2, 0) is 5.41 Å². The average Bonchev–Trinajstić information content (AvgIpc) is 1.52. The maximum atomic E-state index is 5.29. The molecule has 0 radical (unpaired) electrons. The van der Waals surface area contributed by atoms with E-state index in [1.807, 2.05) is 97.1 Å². The van der Waals surface area contributed by atoms with Gasteiger partial charge >= 0.3 is 0 Å². The van der Waals surface area contributed by atoms with Gasteiger partial charge < -0.3 is 13.7 Å². The van der Waals surface area contributed by atoms with Gasteiger partial charge in [-0.05, 0) is 169 Å². The van der Waals surface area contributed by atoms with Gasteiger partial charge in [-0.25, -0.2) is 34.9 Å². The molecule has 0 unspecified atom stereocenters. The molecule has 10 nitrogen and oxygen atoms in total. The lowest BCUT2D eigenvalue weighted by atomic mass is 9.67. The van der Waals surface area contributed by atoms with Crippen LogP contribution in [0.5, 0.6) is 0 Å². The van der Waals surface area contributed by atoms with Gasteiger partial charge in [0, 0.05) is 94.2 Å². The van der Waals surface area contributed by atoms with E-state index in [-0.39, 0.29) is 0 Å². The number of aromatic nitrogens is 10. The second-order valence-corrected chi connectivity index (χ2v) is 36.9. The Bertz CT molecular complexity index is 9310. The van der Waals surface area contributed by atoms with Crippen LogP contribution in [0.3, 0.4) is 0 Å². The number of fused-ring (bicyclic) bond motifs is 15. The summed E-state index contributed by atoms with van der Waals surface area (Å²) in [4.78, 5) is 35.5. The van der Waals surface area contributed by atoms with Crippen molar-refractivity contribution in [3.63, 3.8) is 0 Å². The van der Waals surface area contributed by atoms with Crippen molar-refractivity contribution < 1.29 is 0 Å². The second kappa shape index (κ2) is 37.6. The van der Waals surface area contributed by atoms with Crippen molar-refractivity contribution in [2.24, 2.45) is 0 Å². The standard InChI is InChI=1S/C50H33N3.C49H33N3.C37H24N4/c1-5-15-34(16-6-1)40-29-41(35-17-7-2-8-18-35)31-42(30-40)53-48-28-26-39(32-45(48)44-27-25-36-19-13-14-24-43(36)49(44)53)47-33-46(37-20-9-3-10-21-37)51-50(52-47)38-22-11-4-12-23-38;1-5-16-34(17-6-1)36-32-44(35-18-7-2-8-19-35)50-45(33-36)43-26-15-27-47(51-43)52-31-30-41-46(52)29-28-40-39-24-13-14-25-42(39)49(48(40)41,37-20-9-3-10-21-37)38-22-11-4-12-23-38;1-3-13-26(14-4-1)35-38-36(27-15-5-2-6-16-27)40-37(39-35)28-17-11-18-29(24-28)41-33-21-10-9-20-31(33)32-23-22-25-12-7-8-19-30(25)34(32)41/h1-33H;1-33H;1-24H. The minimum absolute atomic E-state index is 0.481. The van der Waals surface area contributed by atoms with Gasteiger partial charge in [0.05, 0.1) is 61.5 Å². The van der Waals surface area contributed by atoms with Gasteiger partial charge in [-0.1, -0.05) is 449 Å². The van der Waals surface area contributed by atoms with Crippen LogP contribution in [0.4, 0.5) is 0 Å². The summed E-state index contributed by atoms with van der Waals surface area (Å²) in [5.74, 6) is 3.51. The molecule has 0 N–H and O–H groups in total. The first-order chi connectivity index (χ1) is 72.4. The summed E-state index contributed by atoms with van der Waals surface area (Å²) in [6.45, 7) is 0. The number of para-hydroxylation sites is 1. The van der Waals surface area contributed by atoms with Crippen molar-refractivity contribution >= 4 is 76.1 Å². The van der Waals surface area contributed by atoms with E-state index in [9.17, 15) is 0 Å². The third-order valence-corrected chi connectivity index (χ3v) is 28.3. The molecule has 0 fully saturated rings. The number of hydrogen-bond donors (Lipinski definition) is 0. The van der Waals surface area contributed by atoms with Crippen LogP contribution in [0.15, 0.2) is 546 Å². The summed E-state index contributed by atoms with van der Waals surface area (Å²) in [5, 5.41) is 10.9. The largest absolute Gasteiger partial charge is 0.309 e. The quantitative estimate of drug-likeness (QED) is 0.0949. The fourth-order valence-corrected chi connectivity index (χ4v) is 21.6. The van der Waals surface area contributed by atoms with E-state index < -0.39 is 5.41 Å². The predicted molar refractivity (Wildman–Crippen MR) is 602 cm³/mol. The first-order valence-electron chi connectivity index (χ1n) is 49.5. The SMILES string of the molecule is c1ccc(-c2cc(-c3ccccc3)cc(-n3c4ccc(-c5cc(-c6ccccc6)nc(-c6ccccc6)n5)cc4c4ccc5ccccc5c43)c2)cc1.c1ccc(-c2cc(-c3ccccc3)nc(-c3cccc(-n4ccc5c6c(ccc54)-c4ccccc4C6(c4ccccc4)c4ccccc4)n3)c2)cc1.c1ccc(-c2nc(-c3ccccc3)nc(-c3cccc(-n4c5ccccc5c5ccc6ccccc6c54)c3)n2)cc1. The number of hydrogen-bond acceptors (Lipinski definition) is 7. The van der Waals surface area contributed by atoms with Gasteiger partial charge in [0.2, 0.25) is 0 Å². The maximum absolute atomic E-state index is 5.29. The molecule has 0 saturated heterocycles. The average molecular weight is 1860 g/mol. The molecule has 1 aliphatic carbocycles. The summed E-state index contributed by atoms with van der Waals surface area (Å²) in [5.41, 5.74) is 33.6. The third-order valence-electron chi connectivity index (χ3n) is 28.3. The second-order valence-electron chi connectivity index (χ2n) is 36.9. The van der Waals surface area contributed by atoms with Crippen molar-refractivity contribution in [2.75, 3.05) is 0 Å². The Morgan fingerprint density at radius 2 is 0.582 bits per heavy atom. The molecule has 0 atom stereocenters. The van der Waals surface area contributed by atoms with E-state index in [4.69, 9.17) is 34.9 Å². The fraction of sp³-hybridized carbons (Fsp3) is 0.00735. The van der Waals surface area contributed by atoms with Crippen molar-refractivity contribution in [1.29, 1.82) is 0 Å². The Hall–Kier alpha value is -19.6. The maximum Gasteiger partial charge on any atom is 0.164 e. The molecule has 28 rings (SSSR count). The molecule has 0 aliphatic heterocycles. The number of benzene rings is 20. The van der Waals surface area contributed by atoms with Crippen LogP contribution < -0.4 is 0 Å². The Kier molecular flexibility index (Phi) is 22.3. The van der Waals surface area contributed by atoms with Crippen LogP contribution >= 0.6 is 0 Å².